The lowest BCUT2D eigenvalue weighted by Gasteiger charge is -2.14. The van der Waals surface area contributed by atoms with E-state index in [1.54, 1.807) is 6.92 Å². The average Bonchev–Trinajstić information content (AvgIpc) is 2.28. The molecule has 0 saturated carbocycles. The summed E-state index contributed by atoms with van der Waals surface area (Å²) in [5, 5.41) is 2.85. The minimum Gasteiger partial charge on any atom is -0.369 e. The van der Waals surface area contributed by atoms with Crippen LogP contribution in [0.2, 0.25) is 0 Å². The maximum absolute atomic E-state index is 11.9. The molecular weight excluding hydrogens is 341 g/mol. The number of rotatable bonds is 6. The van der Waals surface area contributed by atoms with Crippen molar-refractivity contribution in [2.75, 3.05) is 11.9 Å². The Balaban J connectivity index is 2.40. The molecule has 0 bridgehead atoms. The zero-order valence-electron chi connectivity index (χ0n) is 11.1. The molecule has 0 aromatic heterocycles. The Labute approximate surface area is 122 Å². The molecule has 0 heterocycles. The third kappa shape index (κ3) is 5.82. The topological polar surface area (TPSA) is 38.3 Å². The average molecular weight is 361 g/mol. The van der Waals surface area contributed by atoms with Gasteiger partial charge in [0.1, 0.15) is 6.10 Å². The first-order chi connectivity index (χ1) is 8.49. The molecule has 3 nitrogen and oxygen atoms in total. The quantitative estimate of drug-likeness (QED) is 0.785. The predicted molar refractivity (Wildman–Crippen MR) is 82.7 cm³/mol. The second kappa shape index (κ2) is 7.74. The number of hydrogen-bond donors (Lipinski definition) is 1. The van der Waals surface area contributed by atoms with Crippen molar-refractivity contribution in [2.45, 2.75) is 33.3 Å². The molecule has 0 fully saturated rings. The van der Waals surface area contributed by atoms with Gasteiger partial charge in [-0.3, -0.25) is 4.79 Å². The summed E-state index contributed by atoms with van der Waals surface area (Å²) in [6.45, 7) is 6.68. The van der Waals surface area contributed by atoms with Crippen molar-refractivity contribution in [2.24, 2.45) is 5.92 Å². The van der Waals surface area contributed by atoms with Gasteiger partial charge in [-0.05, 0) is 60.1 Å². The lowest BCUT2D eigenvalue weighted by Crippen LogP contribution is -2.28. The van der Waals surface area contributed by atoms with Gasteiger partial charge in [0.25, 0.3) is 5.91 Å². The SMILES string of the molecule is CC(C)CCOC(C)C(=O)Nc1cccc(I)c1. The zero-order valence-corrected chi connectivity index (χ0v) is 13.2. The first kappa shape index (κ1) is 15.4. The first-order valence-corrected chi connectivity index (χ1v) is 7.25. The van der Waals surface area contributed by atoms with E-state index in [0.717, 1.165) is 15.7 Å². The van der Waals surface area contributed by atoms with E-state index in [2.05, 4.69) is 41.8 Å². The molecule has 1 unspecified atom stereocenters. The van der Waals surface area contributed by atoms with Crippen molar-refractivity contribution in [3.63, 3.8) is 0 Å². The molecule has 0 aliphatic heterocycles. The van der Waals surface area contributed by atoms with Gasteiger partial charge in [-0.25, -0.2) is 0 Å². The van der Waals surface area contributed by atoms with Crippen LogP contribution >= 0.6 is 22.6 Å². The standard InChI is InChI=1S/C14H20INO2/c1-10(2)7-8-18-11(3)14(17)16-13-6-4-5-12(15)9-13/h4-6,9-11H,7-8H2,1-3H3,(H,16,17). The molecule has 1 amide bonds. The van der Waals surface area contributed by atoms with Gasteiger partial charge in [0.05, 0.1) is 0 Å². The van der Waals surface area contributed by atoms with Gasteiger partial charge >= 0.3 is 0 Å². The highest BCUT2D eigenvalue weighted by atomic mass is 127. The van der Waals surface area contributed by atoms with Gasteiger partial charge in [0.2, 0.25) is 0 Å². The second-order valence-corrected chi connectivity index (χ2v) is 5.94. The van der Waals surface area contributed by atoms with Crippen molar-refractivity contribution in [1.29, 1.82) is 0 Å². The summed E-state index contributed by atoms with van der Waals surface area (Å²) in [7, 11) is 0. The van der Waals surface area contributed by atoms with E-state index >= 15 is 0 Å². The van der Waals surface area contributed by atoms with Crippen LogP contribution in [0.4, 0.5) is 5.69 Å². The Morgan fingerprint density at radius 1 is 1.39 bits per heavy atom. The van der Waals surface area contributed by atoms with Crippen LogP contribution in [0.1, 0.15) is 27.2 Å². The van der Waals surface area contributed by atoms with Gasteiger partial charge in [-0.2, -0.15) is 0 Å². The van der Waals surface area contributed by atoms with Gasteiger partial charge in [0, 0.05) is 15.9 Å². The van der Waals surface area contributed by atoms with Crippen molar-refractivity contribution in [1.82, 2.24) is 0 Å². The number of benzene rings is 1. The minimum atomic E-state index is -0.415. The highest BCUT2D eigenvalue weighted by Gasteiger charge is 2.13. The van der Waals surface area contributed by atoms with Crippen molar-refractivity contribution < 1.29 is 9.53 Å². The van der Waals surface area contributed by atoms with Crippen LogP contribution < -0.4 is 5.32 Å². The Morgan fingerprint density at radius 2 is 2.11 bits per heavy atom. The lowest BCUT2D eigenvalue weighted by atomic mass is 10.1. The predicted octanol–water partition coefficient (Wildman–Crippen LogP) is 3.68. The Kier molecular flexibility index (Phi) is 6.63. The van der Waals surface area contributed by atoms with E-state index in [1.807, 2.05) is 24.3 Å². The minimum absolute atomic E-state index is 0.0965. The van der Waals surface area contributed by atoms with E-state index in [-0.39, 0.29) is 5.91 Å². The zero-order chi connectivity index (χ0) is 13.5. The first-order valence-electron chi connectivity index (χ1n) is 6.17. The van der Waals surface area contributed by atoms with E-state index in [0.29, 0.717) is 12.5 Å². The normalized spacial score (nSPS) is 12.5. The molecule has 0 spiro atoms. The van der Waals surface area contributed by atoms with Crippen LogP contribution in [0.3, 0.4) is 0 Å². The van der Waals surface area contributed by atoms with E-state index in [4.69, 9.17) is 4.74 Å². The molecule has 1 aromatic carbocycles. The summed E-state index contributed by atoms with van der Waals surface area (Å²) in [4.78, 5) is 11.9. The number of hydrogen-bond acceptors (Lipinski definition) is 2. The molecule has 0 aliphatic rings. The Bertz CT molecular complexity index is 393. The summed E-state index contributed by atoms with van der Waals surface area (Å²) in [6, 6.07) is 7.71. The molecule has 18 heavy (non-hydrogen) atoms. The molecule has 0 radical (unpaired) electrons. The molecule has 1 rings (SSSR count). The lowest BCUT2D eigenvalue weighted by molar-refractivity contribution is -0.126. The number of carbonyl (C=O) groups excluding carboxylic acids is 1. The molecule has 1 aromatic rings. The van der Waals surface area contributed by atoms with E-state index < -0.39 is 6.10 Å². The van der Waals surface area contributed by atoms with Crippen molar-refractivity contribution in [3.05, 3.63) is 27.8 Å². The highest BCUT2D eigenvalue weighted by Crippen LogP contribution is 2.13. The van der Waals surface area contributed by atoms with Crippen LogP contribution in [-0.2, 0) is 9.53 Å². The molecular formula is C14H20INO2. The van der Waals surface area contributed by atoms with Crippen LogP contribution in [-0.4, -0.2) is 18.6 Å². The summed E-state index contributed by atoms with van der Waals surface area (Å²) in [5.41, 5.74) is 0.811. The molecule has 1 N–H and O–H groups in total. The number of amides is 1. The maximum atomic E-state index is 11.9. The number of anilines is 1. The van der Waals surface area contributed by atoms with Gasteiger partial charge in [-0.1, -0.05) is 19.9 Å². The van der Waals surface area contributed by atoms with Crippen LogP contribution in [0.25, 0.3) is 0 Å². The number of carbonyl (C=O) groups is 1. The Hall–Kier alpha value is -0.620. The molecule has 0 aliphatic carbocycles. The monoisotopic (exact) mass is 361 g/mol. The molecule has 4 heteroatoms. The highest BCUT2D eigenvalue weighted by molar-refractivity contribution is 14.1. The van der Waals surface area contributed by atoms with Gasteiger partial charge in [-0.15, -0.1) is 0 Å². The van der Waals surface area contributed by atoms with Crippen LogP contribution in [0.15, 0.2) is 24.3 Å². The fourth-order valence-electron chi connectivity index (χ4n) is 1.37. The molecule has 1 atom stereocenters. The van der Waals surface area contributed by atoms with Gasteiger partial charge < -0.3 is 10.1 Å². The third-order valence-electron chi connectivity index (χ3n) is 2.52. The van der Waals surface area contributed by atoms with E-state index in [1.165, 1.54) is 0 Å². The van der Waals surface area contributed by atoms with Crippen LogP contribution in [0, 0.1) is 9.49 Å². The maximum Gasteiger partial charge on any atom is 0.253 e. The molecule has 0 saturated heterocycles. The Morgan fingerprint density at radius 3 is 2.72 bits per heavy atom. The smallest absolute Gasteiger partial charge is 0.253 e. The van der Waals surface area contributed by atoms with Crippen molar-refractivity contribution >= 4 is 34.2 Å². The fourth-order valence-corrected chi connectivity index (χ4v) is 1.91. The summed E-state index contributed by atoms with van der Waals surface area (Å²) >= 11 is 2.22. The largest absolute Gasteiger partial charge is 0.369 e. The summed E-state index contributed by atoms with van der Waals surface area (Å²) < 4.78 is 6.60. The third-order valence-corrected chi connectivity index (χ3v) is 3.20. The van der Waals surface area contributed by atoms with Gasteiger partial charge in [0.15, 0.2) is 0 Å². The van der Waals surface area contributed by atoms with Crippen molar-refractivity contribution in [3.8, 4) is 0 Å². The number of nitrogens with one attached hydrogen (secondary N) is 1. The number of ether oxygens (including phenoxy) is 1. The fraction of sp³-hybridized carbons (Fsp3) is 0.500. The summed E-state index contributed by atoms with van der Waals surface area (Å²) in [6.07, 6.45) is 0.558. The van der Waals surface area contributed by atoms with Crippen LogP contribution in [0.5, 0.6) is 0 Å². The summed E-state index contributed by atoms with van der Waals surface area (Å²) in [5.74, 6) is 0.497. The number of halogens is 1. The second-order valence-electron chi connectivity index (χ2n) is 4.70. The molecule has 100 valence electrons. The van der Waals surface area contributed by atoms with E-state index in [9.17, 15) is 4.79 Å².